The Morgan fingerprint density at radius 3 is 0.653 bits per heavy atom. The molecule has 3 unspecified atom stereocenters. The van der Waals surface area contributed by atoms with Crippen LogP contribution in [0.3, 0.4) is 0 Å². The highest BCUT2D eigenvalue weighted by Gasteiger charge is 2.30. The Labute approximate surface area is 581 Å². The van der Waals surface area contributed by atoms with Crippen molar-refractivity contribution in [1.29, 1.82) is 0 Å². The minimum atomic E-state index is -4.96. The van der Waals surface area contributed by atoms with Gasteiger partial charge in [0.1, 0.15) is 19.3 Å². The van der Waals surface area contributed by atoms with Crippen LogP contribution in [0.15, 0.2) is 0 Å². The average molecular weight is 1400 g/mol. The van der Waals surface area contributed by atoms with Crippen LogP contribution in [0, 0.1) is 23.7 Å². The van der Waals surface area contributed by atoms with E-state index in [0.29, 0.717) is 31.6 Å². The first kappa shape index (κ1) is 93.1. The molecule has 0 amide bonds. The number of hydrogen-bond donors (Lipinski definition) is 3. The van der Waals surface area contributed by atoms with Crippen LogP contribution in [0.1, 0.15) is 383 Å². The number of ether oxygens (including phenoxy) is 4. The molecule has 0 radical (unpaired) electrons. The van der Waals surface area contributed by atoms with Gasteiger partial charge in [0.15, 0.2) is 12.2 Å². The van der Waals surface area contributed by atoms with Crippen molar-refractivity contribution in [3.63, 3.8) is 0 Å². The standard InChI is InChI=1S/C76H148O17P2/c1-66(2)52-44-36-28-22-18-14-10-9-11-16-20-24-32-42-50-59-76(81)93-72(63-87-74(79)57-49-41-35-34-39-47-55-69(7)8)65-91-95(84,85)89-61-70(77)60-88-94(82,83)90-64-71(62-86-73(78)56-48-40-31-27-26-30-38-46-54-68(5)6)92-75(80)58-51-43-33-25-21-17-13-12-15-19-23-29-37-45-53-67(3)4/h66-72,77H,9-65H2,1-8H3,(H,82,83)(H,84,85)/t70?,71-,72-/m1/s1. The van der Waals surface area contributed by atoms with Crippen LogP contribution in [0.5, 0.6) is 0 Å². The van der Waals surface area contributed by atoms with Gasteiger partial charge in [-0.2, -0.15) is 0 Å². The van der Waals surface area contributed by atoms with E-state index in [1.807, 2.05) is 0 Å². The van der Waals surface area contributed by atoms with E-state index in [4.69, 9.17) is 37.0 Å². The number of phosphoric ester groups is 2. The Kier molecular flexibility index (Phi) is 64.0. The van der Waals surface area contributed by atoms with Gasteiger partial charge in [0.25, 0.3) is 0 Å². The molecule has 0 aromatic heterocycles. The first-order chi connectivity index (χ1) is 45.6. The molecule has 5 atom stereocenters. The molecule has 0 aliphatic carbocycles. The Bertz CT molecular complexity index is 1870. The lowest BCUT2D eigenvalue weighted by molar-refractivity contribution is -0.161. The first-order valence-corrected chi connectivity index (χ1v) is 42.2. The van der Waals surface area contributed by atoms with Gasteiger partial charge < -0.3 is 33.8 Å². The predicted octanol–water partition coefficient (Wildman–Crippen LogP) is 22.0. The number of aliphatic hydroxyl groups excluding tert-OH is 1. The predicted molar refractivity (Wildman–Crippen MR) is 386 cm³/mol. The smallest absolute Gasteiger partial charge is 0.462 e. The number of unbranched alkanes of at least 4 members (excludes halogenated alkanes) is 39. The van der Waals surface area contributed by atoms with Gasteiger partial charge in [-0.15, -0.1) is 0 Å². The molecule has 0 rings (SSSR count). The Morgan fingerprint density at radius 1 is 0.263 bits per heavy atom. The highest BCUT2D eigenvalue weighted by atomic mass is 31.2. The highest BCUT2D eigenvalue weighted by Crippen LogP contribution is 2.45. The number of esters is 4. The van der Waals surface area contributed by atoms with E-state index < -0.39 is 97.5 Å². The summed E-state index contributed by atoms with van der Waals surface area (Å²) in [4.78, 5) is 72.7. The van der Waals surface area contributed by atoms with Gasteiger partial charge >= 0.3 is 39.5 Å². The van der Waals surface area contributed by atoms with Gasteiger partial charge in [0.2, 0.25) is 0 Å². The second kappa shape index (κ2) is 65.4. The van der Waals surface area contributed by atoms with E-state index in [2.05, 4.69) is 55.4 Å². The summed E-state index contributed by atoms with van der Waals surface area (Å²) < 4.78 is 68.5. The van der Waals surface area contributed by atoms with E-state index in [9.17, 15) is 43.2 Å². The third-order valence-electron chi connectivity index (χ3n) is 17.6. The number of carbonyl (C=O) groups excluding carboxylic acids is 4. The SMILES string of the molecule is CC(C)CCCCCCCCCCCCCCCCCC(=O)O[C@H](COC(=O)CCCCCCCCC(C)C)COP(=O)(O)OCC(O)COP(=O)(O)OC[C@@H](COC(=O)CCCCCCCCCCC(C)C)OC(=O)CCCCCCCCCCCCCCCCC(C)C. The lowest BCUT2D eigenvalue weighted by atomic mass is 10.0. The van der Waals surface area contributed by atoms with Crippen LogP contribution in [0.25, 0.3) is 0 Å². The van der Waals surface area contributed by atoms with Crippen LogP contribution in [0.4, 0.5) is 0 Å². The third-order valence-corrected chi connectivity index (χ3v) is 19.5. The maximum Gasteiger partial charge on any atom is 0.472 e. The van der Waals surface area contributed by atoms with Gasteiger partial charge in [-0.25, -0.2) is 9.13 Å². The maximum atomic E-state index is 13.1. The molecule has 0 aromatic carbocycles. The fourth-order valence-corrected chi connectivity index (χ4v) is 13.1. The topological polar surface area (TPSA) is 237 Å². The van der Waals surface area contributed by atoms with Crippen molar-refractivity contribution in [2.75, 3.05) is 39.6 Å². The van der Waals surface area contributed by atoms with Gasteiger partial charge in [0.05, 0.1) is 26.4 Å². The van der Waals surface area contributed by atoms with Gasteiger partial charge in [-0.3, -0.25) is 37.3 Å². The molecule has 95 heavy (non-hydrogen) atoms. The second-order valence-electron chi connectivity index (χ2n) is 29.3. The molecule has 0 saturated heterocycles. The van der Waals surface area contributed by atoms with Gasteiger partial charge in [0, 0.05) is 25.7 Å². The molecule has 0 fully saturated rings. The molecular weight excluding hydrogens is 1250 g/mol. The zero-order valence-corrected chi connectivity index (χ0v) is 64.1. The summed E-state index contributed by atoms with van der Waals surface area (Å²) in [7, 11) is -9.91. The Morgan fingerprint density at radius 2 is 0.442 bits per heavy atom. The summed E-state index contributed by atoms with van der Waals surface area (Å²) in [5.41, 5.74) is 0. The van der Waals surface area contributed by atoms with Crippen molar-refractivity contribution >= 4 is 39.5 Å². The van der Waals surface area contributed by atoms with Crippen molar-refractivity contribution in [2.45, 2.75) is 401 Å². The summed E-state index contributed by atoms with van der Waals surface area (Å²) >= 11 is 0. The molecule has 0 heterocycles. The minimum absolute atomic E-state index is 0.106. The summed E-state index contributed by atoms with van der Waals surface area (Å²) in [6.07, 6.45) is 50.2. The number of aliphatic hydroxyl groups is 1. The molecule has 19 heteroatoms. The van der Waals surface area contributed by atoms with Crippen LogP contribution < -0.4 is 0 Å². The summed E-state index contributed by atoms with van der Waals surface area (Å²) in [5, 5.41) is 10.6. The number of hydrogen-bond acceptors (Lipinski definition) is 15. The second-order valence-corrected chi connectivity index (χ2v) is 32.2. The van der Waals surface area contributed by atoms with Gasteiger partial charge in [-0.1, -0.05) is 331 Å². The molecule has 0 aromatic rings. The van der Waals surface area contributed by atoms with E-state index >= 15 is 0 Å². The first-order valence-electron chi connectivity index (χ1n) is 39.2. The largest absolute Gasteiger partial charge is 0.472 e. The molecular formula is C76H148O17P2. The summed E-state index contributed by atoms with van der Waals surface area (Å²) in [5.74, 6) is 0.880. The maximum absolute atomic E-state index is 13.1. The van der Waals surface area contributed by atoms with Crippen LogP contribution >= 0.6 is 15.6 Å². The van der Waals surface area contributed by atoms with Crippen molar-refractivity contribution < 1.29 is 80.2 Å². The third kappa shape index (κ3) is 70.3. The fourth-order valence-electron chi connectivity index (χ4n) is 11.6. The molecule has 0 bridgehead atoms. The van der Waals surface area contributed by atoms with Gasteiger partial charge in [-0.05, 0) is 49.4 Å². The lowest BCUT2D eigenvalue weighted by Crippen LogP contribution is -2.30. The zero-order valence-electron chi connectivity index (χ0n) is 62.3. The zero-order chi connectivity index (χ0) is 70.3. The van der Waals surface area contributed by atoms with Crippen molar-refractivity contribution in [3.8, 4) is 0 Å². The molecule has 0 aliphatic heterocycles. The van der Waals surface area contributed by atoms with Crippen LogP contribution in [-0.4, -0.2) is 96.7 Å². The van der Waals surface area contributed by atoms with E-state index in [1.54, 1.807) is 0 Å². The molecule has 17 nitrogen and oxygen atoms in total. The van der Waals surface area contributed by atoms with E-state index in [1.165, 1.54) is 180 Å². The molecule has 564 valence electrons. The lowest BCUT2D eigenvalue weighted by Gasteiger charge is -2.21. The van der Waals surface area contributed by atoms with Crippen LogP contribution in [0.2, 0.25) is 0 Å². The Hall–Kier alpha value is -1.94. The fraction of sp³-hybridized carbons (Fsp3) is 0.947. The average Bonchev–Trinajstić information content (AvgIpc) is 3.71. The minimum Gasteiger partial charge on any atom is -0.462 e. The Balaban J connectivity index is 5.20. The monoisotopic (exact) mass is 1400 g/mol. The van der Waals surface area contributed by atoms with Crippen LogP contribution in [-0.2, 0) is 65.4 Å². The number of phosphoric acid groups is 2. The number of rotatable bonds is 73. The molecule has 3 N–H and O–H groups in total. The summed E-state index contributed by atoms with van der Waals surface area (Å²) in [6.45, 7) is 14.1. The molecule has 0 aliphatic rings. The quantitative estimate of drug-likeness (QED) is 0.0222. The normalized spacial score (nSPS) is 14.1. The molecule has 0 saturated carbocycles. The van der Waals surface area contributed by atoms with Crippen molar-refractivity contribution in [2.24, 2.45) is 23.7 Å². The summed E-state index contributed by atoms with van der Waals surface area (Å²) in [6, 6.07) is 0. The number of carbonyl (C=O) groups is 4. The van der Waals surface area contributed by atoms with Crippen molar-refractivity contribution in [3.05, 3.63) is 0 Å². The highest BCUT2D eigenvalue weighted by molar-refractivity contribution is 7.47. The molecule has 0 spiro atoms. The van der Waals surface area contributed by atoms with E-state index in [-0.39, 0.29) is 25.7 Å². The van der Waals surface area contributed by atoms with E-state index in [0.717, 1.165) is 114 Å². The van der Waals surface area contributed by atoms with Crippen molar-refractivity contribution in [1.82, 2.24) is 0 Å².